The minimum absolute atomic E-state index is 0.604. The van der Waals surface area contributed by atoms with Gasteiger partial charge in [-0.1, -0.05) is 67.9 Å². The predicted molar refractivity (Wildman–Crippen MR) is 78.4 cm³/mol. The molecule has 2 N–H and O–H groups in total. The third-order valence-electron chi connectivity index (χ3n) is 3.50. The van der Waals surface area contributed by atoms with Gasteiger partial charge in [-0.25, -0.2) is 0 Å². The van der Waals surface area contributed by atoms with Crippen LogP contribution in [0.1, 0.15) is 18.9 Å². The number of hydrogen-bond acceptors (Lipinski definition) is 1. The summed E-state index contributed by atoms with van der Waals surface area (Å²) in [5.74, 6) is 0.604. The van der Waals surface area contributed by atoms with Crippen LogP contribution in [0.25, 0.3) is 11.1 Å². The van der Waals surface area contributed by atoms with Gasteiger partial charge in [0.15, 0.2) is 0 Å². The quantitative estimate of drug-likeness (QED) is 0.842. The normalized spacial score (nSPS) is 12.3. The SMILES string of the molecule is CCC(CN)Cc1ccc(-c2ccccc2)cc1. The molecular weight excluding hydrogens is 218 g/mol. The highest BCUT2D eigenvalue weighted by Crippen LogP contribution is 2.20. The van der Waals surface area contributed by atoms with E-state index in [1.807, 2.05) is 6.07 Å². The molecule has 18 heavy (non-hydrogen) atoms. The van der Waals surface area contributed by atoms with Gasteiger partial charge in [-0.05, 0) is 35.6 Å². The predicted octanol–water partition coefficient (Wildman–Crippen LogP) is 3.88. The zero-order valence-electron chi connectivity index (χ0n) is 11.0. The first-order chi connectivity index (χ1) is 8.83. The topological polar surface area (TPSA) is 26.0 Å². The van der Waals surface area contributed by atoms with Crippen LogP contribution >= 0.6 is 0 Å². The van der Waals surface area contributed by atoms with E-state index >= 15 is 0 Å². The Kier molecular flexibility index (Phi) is 4.54. The van der Waals surface area contributed by atoms with Crippen LogP contribution in [0.5, 0.6) is 0 Å². The minimum Gasteiger partial charge on any atom is -0.330 e. The van der Waals surface area contributed by atoms with E-state index in [0.29, 0.717) is 5.92 Å². The molecule has 1 nitrogen and oxygen atoms in total. The van der Waals surface area contributed by atoms with Gasteiger partial charge in [0.05, 0.1) is 0 Å². The maximum Gasteiger partial charge on any atom is -0.00458 e. The molecule has 0 fully saturated rings. The molecule has 0 aliphatic heterocycles. The second-order valence-corrected chi connectivity index (χ2v) is 4.78. The van der Waals surface area contributed by atoms with Gasteiger partial charge in [0.25, 0.3) is 0 Å². The summed E-state index contributed by atoms with van der Waals surface area (Å²) in [5, 5.41) is 0. The maximum atomic E-state index is 5.75. The molecule has 0 amide bonds. The second kappa shape index (κ2) is 6.36. The van der Waals surface area contributed by atoms with Crippen molar-refractivity contribution >= 4 is 0 Å². The molecule has 0 heterocycles. The molecule has 1 heteroatoms. The zero-order chi connectivity index (χ0) is 12.8. The highest BCUT2D eigenvalue weighted by molar-refractivity contribution is 5.63. The number of hydrogen-bond donors (Lipinski definition) is 1. The van der Waals surface area contributed by atoms with Crippen LogP contribution in [0, 0.1) is 5.92 Å². The van der Waals surface area contributed by atoms with Crippen LogP contribution in [0.3, 0.4) is 0 Å². The Morgan fingerprint density at radius 1 is 0.889 bits per heavy atom. The fraction of sp³-hybridized carbons (Fsp3) is 0.294. The molecular formula is C17H21N. The van der Waals surface area contributed by atoms with Crippen molar-refractivity contribution in [3.05, 3.63) is 60.2 Å². The summed E-state index contributed by atoms with van der Waals surface area (Å²) in [6, 6.07) is 19.3. The van der Waals surface area contributed by atoms with E-state index in [9.17, 15) is 0 Å². The van der Waals surface area contributed by atoms with Gasteiger partial charge < -0.3 is 5.73 Å². The van der Waals surface area contributed by atoms with Crippen LogP contribution in [0.4, 0.5) is 0 Å². The van der Waals surface area contributed by atoms with Gasteiger partial charge in [-0.2, -0.15) is 0 Å². The Morgan fingerprint density at radius 3 is 2.06 bits per heavy atom. The van der Waals surface area contributed by atoms with E-state index in [1.165, 1.54) is 16.7 Å². The van der Waals surface area contributed by atoms with E-state index in [2.05, 4.69) is 55.5 Å². The monoisotopic (exact) mass is 239 g/mol. The Balaban J connectivity index is 2.11. The summed E-state index contributed by atoms with van der Waals surface area (Å²) in [5.41, 5.74) is 9.68. The number of rotatable bonds is 5. The molecule has 0 spiro atoms. The standard InChI is InChI=1S/C17H21N/c1-2-14(13-18)12-15-8-10-17(11-9-15)16-6-4-3-5-7-16/h3-11,14H,2,12-13,18H2,1H3. The fourth-order valence-electron chi connectivity index (χ4n) is 2.19. The molecule has 0 aromatic heterocycles. The first-order valence-corrected chi connectivity index (χ1v) is 6.68. The molecule has 94 valence electrons. The highest BCUT2D eigenvalue weighted by atomic mass is 14.5. The van der Waals surface area contributed by atoms with E-state index < -0.39 is 0 Å². The Hall–Kier alpha value is -1.60. The molecule has 0 saturated heterocycles. The Morgan fingerprint density at radius 2 is 1.50 bits per heavy atom. The first-order valence-electron chi connectivity index (χ1n) is 6.68. The maximum absolute atomic E-state index is 5.75. The van der Waals surface area contributed by atoms with E-state index in [4.69, 9.17) is 5.73 Å². The minimum atomic E-state index is 0.604. The molecule has 0 bridgehead atoms. The van der Waals surface area contributed by atoms with E-state index in [1.54, 1.807) is 0 Å². The lowest BCUT2D eigenvalue weighted by Crippen LogP contribution is -2.15. The Bertz CT molecular complexity index is 455. The van der Waals surface area contributed by atoms with Crippen molar-refractivity contribution in [3.63, 3.8) is 0 Å². The van der Waals surface area contributed by atoms with E-state index in [0.717, 1.165) is 19.4 Å². The molecule has 0 aliphatic carbocycles. The molecule has 1 unspecified atom stereocenters. The third kappa shape index (κ3) is 3.21. The molecule has 0 aliphatic rings. The van der Waals surface area contributed by atoms with Crippen molar-refractivity contribution in [2.75, 3.05) is 6.54 Å². The summed E-state index contributed by atoms with van der Waals surface area (Å²) in [7, 11) is 0. The molecule has 2 rings (SSSR count). The smallest absolute Gasteiger partial charge is 0.00458 e. The molecule has 0 saturated carbocycles. The summed E-state index contributed by atoms with van der Waals surface area (Å²) < 4.78 is 0. The molecule has 1 atom stereocenters. The van der Waals surface area contributed by atoms with Crippen LogP contribution in [0.2, 0.25) is 0 Å². The van der Waals surface area contributed by atoms with Crippen LogP contribution < -0.4 is 5.73 Å². The lowest BCUT2D eigenvalue weighted by Gasteiger charge is -2.12. The van der Waals surface area contributed by atoms with Crippen LogP contribution in [-0.4, -0.2) is 6.54 Å². The Labute approximate surface area is 110 Å². The molecule has 2 aromatic carbocycles. The van der Waals surface area contributed by atoms with Crippen molar-refractivity contribution in [1.29, 1.82) is 0 Å². The van der Waals surface area contributed by atoms with Gasteiger partial charge in [-0.3, -0.25) is 0 Å². The van der Waals surface area contributed by atoms with Gasteiger partial charge in [0, 0.05) is 0 Å². The molecule has 2 aromatic rings. The summed E-state index contributed by atoms with van der Waals surface area (Å²) in [4.78, 5) is 0. The van der Waals surface area contributed by atoms with Crippen molar-refractivity contribution in [3.8, 4) is 11.1 Å². The lowest BCUT2D eigenvalue weighted by atomic mass is 9.95. The van der Waals surface area contributed by atoms with Gasteiger partial charge in [0.2, 0.25) is 0 Å². The summed E-state index contributed by atoms with van der Waals surface area (Å²) >= 11 is 0. The zero-order valence-corrected chi connectivity index (χ0v) is 11.0. The van der Waals surface area contributed by atoms with Crippen molar-refractivity contribution in [2.24, 2.45) is 11.7 Å². The second-order valence-electron chi connectivity index (χ2n) is 4.78. The average Bonchev–Trinajstić information content (AvgIpc) is 2.46. The van der Waals surface area contributed by atoms with Crippen LogP contribution in [-0.2, 0) is 6.42 Å². The van der Waals surface area contributed by atoms with E-state index in [-0.39, 0.29) is 0 Å². The third-order valence-corrected chi connectivity index (χ3v) is 3.50. The van der Waals surface area contributed by atoms with Crippen LogP contribution in [0.15, 0.2) is 54.6 Å². The number of nitrogens with two attached hydrogens (primary N) is 1. The largest absolute Gasteiger partial charge is 0.330 e. The first kappa shape index (κ1) is 12.8. The molecule has 0 radical (unpaired) electrons. The van der Waals surface area contributed by atoms with Gasteiger partial charge in [0.1, 0.15) is 0 Å². The van der Waals surface area contributed by atoms with Crippen molar-refractivity contribution in [2.45, 2.75) is 19.8 Å². The summed E-state index contributed by atoms with van der Waals surface area (Å²) in [6.45, 7) is 2.98. The van der Waals surface area contributed by atoms with Crippen molar-refractivity contribution < 1.29 is 0 Å². The highest BCUT2D eigenvalue weighted by Gasteiger charge is 2.05. The fourth-order valence-corrected chi connectivity index (χ4v) is 2.19. The average molecular weight is 239 g/mol. The van der Waals surface area contributed by atoms with Gasteiger partial charge >= 0.3 is 0 Å². The summed E-state index contributed by atoms with van der Waals surface area (Å²) in [6.07, 6.45) is 2.24. The van der Waals surface area contributed by atoms with Crippen molar-refractivity contribution in [1.82, 2.24) is 0 Å². The lowest BCUT2D eigenvalue weighted by molar-refractivity contribution is 0.519. The number of benzene rings is 2. The van der Waals surface area contributed by atoms with Gasteiger partial charge in [-0.15, -0.1) is 0 Å².